The maximum atomic E-state index is 5.73. The van der Waals surface area contributed by atoms with Crippen LogP contribution in [-0.4, -0.2) is 11.1 Å². The Labute approximate surface area is 102 Å². The lowest BCUT2D eigenvalue weighted by atomic mass is 9.92. The third-order valence-electron chi connectivity index (χ3n) is 4.14. The highest BCUT2D eigenvalue weighted by molar-refractivity contribution is 5.81. The molecule has 0 amide bonds. The first kappa shape index (κ1) is 10.8. The molecule has 2 nitrogen and oxygen atoms in total. The van der Waals surface area contributed by atoms with Crippen LogP contribution in [0.2, 0.25) is 0 Å². The molecule has 0 saturated heterocycles. The standard InChI is InChI=1S/C15H20N2/c1-11(10-16)12-5-6-15-13(9-12)7-8-17(15)14-3-2-4-14/h5-9,11,14H,2-4,10,16H2,1H3. The minimum atomic E-state index is 0.450. The van der Waals surface area contributed by atoms with Gasteiger partial charge in [0.15, 0.2) is 0 Å². The summed E-state index contributed by atoms with van der Waals surface area (Å²) in [5.41, 5.74) is 8.46. The van der Waals surface area contributed by atoms with Crippen molar-refractivity contribution in [3.63, 3.8) is 0 Å². The quantitative estimate of drug-likeness (QED) is 0.857. The highest BCUT2D eigenvalue weighted by atomic mass is 15.0. The van der Waals surface area contributed by atoms with E-state index in [0.717, 1.165) is 12.6 Å². The molecule has 1 fully saturated rings. The molecule has 1 unspecified atom stereocenters. The number of hydrogen-bond donors (Lipinski definition) is 1. The van der Waals surface area contributed by atoms with E-state index in [4.69, 9.17) is 5.73 Å². The van der Waals surface area contributed by atoms with E-state index in [1.165, 1.54) is 35.7 Å². The molecule has 0 aliphatic heterocycles. The van der Waals surface area contributed by atoms with E-state index in [9.17, 15) is 0 Å². The Bertz CT molecular complexity index is 523. The van der Waals surface area contributed by atoms with Gasteiger partial charge in [-0.1, -0.05) is 13.0 Å². The van der Waals surface area contributed by atoms with Crippen LogP contribution in [0.25, 0.3) is 10.9 Å². The summed E-state index contributed by atoms with van der Waals surface area (Å²) in [6.07, 6.45) is 6.30. The molecule has 1 aliphatic rings. The number of benzene rings is 1. The van der Waals surface area contributed by atoms with Crippen LogP contribution in [0.1, 0.15) is 43.7 Å². The fourth-order valence-electron chi connectivity index (χ4n) is 2.61. The van der Waals surface area contributed by atoms with E-state index in [0.29, 0.717) is 5.92 Å². The lowest BCUT2D eigenvalue weighted by Gasteiger charge is -2.28. The van der Waals surface area contributed by atoms with Crippen LogP contribution >= 0.6 is 0 Å². The number of aromatic nitrogens is 1. The van der Waals surface area contributed by atoms with E-state index < -0.39 is 0 Å². The molecule has 1 atom stereocenters. The Morgan fingerprint density at radius 1 is 1.35 bits per heavy atom. The fourth-order valence-corrected chi connectivity index (χ4v) is 2.61. The van der Waals surface area contributed by atoms with Crippen molar-refractivity contribution in [1.82, 2.24) is 4.57 Å². The second-order valence-electron chi connectivity index (χ2n) is 5.26. The molecule has 1 saturated carbocycles. The van der Waals surface area contributed by atoms with Gasteiger partial charge in [-0.25, -0.2) is 0 Å². The largest absolute Gasteiger partial charge is 0.344 e. The highest BCUT2D eigenvalue weighted by Crippen LogP contribution is 2.35. The molecular weight excluding hydrogens is 208 g/mol. The zero-order valence-electron chi connectivity index (χ0n) is 10.4. The van der Waals surface area contributed by atoms with Gasteiger partial charge in [0.05, 0.1) is 0 Å². The maximum Gasteiger partial charge on any atom is 0.0483 e. The molecule has 17 heavy (non-hydrogen) atoms. The molecule has 1 heterocycles. The Morgan fingerprint density at radius 2 is 2.18 bits per heavy atom. The second-order valence-corrected chi connectivity index (χ2v) is 5.26. The summed E-state index contributed by atoms with van der Waals surface area (Å²) < 4.78 is 2.44. The third-order valence-corrected chi connectivity index (χ3v) is 4.14. The molecular formula is C15H20N2. The first-order valence-corrected chi connectivity index (χ1v) is 6.60. The number of hydrogen-bond acceptors (Lipinski definition) is 1. The van der Waals surface area contributed by atoms with Crippen LogP contribution < -0.4 is 5.73 Å². The van der Waals surface area contributed by atoms with Crippen molar-refractivity contribution in [2.24, 2.45) is 5.73 Å². The number of nitrogens with two attached hydrogens (primary N) is 1. The molecule has 3 rings (SSSR count). The van der Waals surface area contributed by atoms with E-state index in [1.54, 1.807) is 0 Å². The molecule has 0 radical (unpaired) electrons. The first-order valence-electron chi connectivity index (χ1n) is 6.60. The predicted octanol–water partition coefficient (Wildman–Crippen LogP) is 3.43. The van der Waals surface area contributed by atoms with Crippen molar-refractivity contribution in [2.45, 2.75) is 38.1 Å². The smallest absolute Gasteiger partial charge is 0.0483 e. The van der Waals surface area contributed by atoms with Gasteiger partial charge >= 0.3 is 0 Å². The summed E-state index contributed by atoms with van der Waals surface area (Å²) in [5.74, 6) is 0.450. The average molecular weight is 228 g/mol. The normalized spacial score (nSPS) is 18.2. The van der Waals surface area contributed by atoms with Gasteiger partial charge in [0.25, 0.3) is 0 Å². The molecule has 2 heteroatoms. The van der Waals surface area contributed by atoms with Crippen LogP contribution in [0.15, 0.2) is 30.5 Å². The van der Waals surface area contributed by atoms with Gasteiger partial charge in [-0.15, -0.1) is 0 Å². The molecule has 1 aromatic carbocycles. The van der Waals surface area contributed by atoms with Gasteiger partial charge < -0.3 is 10.3 Å². The van der Waals surface area contributed by atoms with Gasteiger partial charge in [0, 0.05) is 17.8 Å². The lowest BCUT2D eigenvalue weighted by Crippen LogP contribution is -2.15. The highest BCUT2D eigenvalue weighted by Gasteiger charge is 2.20. The molecule has 2 N–H and O–H groups in total. The number of nitrogens with zero attached hydrogens (tertiary/aromatic N) is 1. The molecule has 0 spiro atoms. The molecule has 2 aromatic rings. The molecule has 0 bridgehead atoms. The summed E-state index contributed by atoms with van der Waals surface area (Å²) >= 11 is 0. The van der Waals surface area contributed by atoms with Crippen molar-refractivity contribution in [3.8, 4) is 0 Å². The van der Waals surface area contributed by atoms with E-state index in [2.05, 4.69) is 42.0 Å². The second kappa shape index (κ2) is 4.19. The minimum Gasteiger partial charge on any atom is -0.344 e. The van der Waals surface area contributed by atoms with Gasteiger partial charge in [-0.3, -0.25) is 0 Å². The van der Waals surface area contributed by atoms with Crippen molar-refractivity contribution < 1.29 is 0 Å². The Kier molecular flexibility index (Phi) is 2.67. The van der Waals surface area contributed by atoms with E-state index in [1.807, 2.05) is 0 Å². The van der Waals surface area contributed by atoms with E-state index in [-0.39, 0.29) is 0 Å². The first-order chi connectivity index (χ1) is 8.29. The van der Waals surface area contributed by atoms with Crippen molar-refractivity contribution in [2.75, 3.05) is 6.54 Å². The van der Waals surface area contributed by atoms with Crippen molar-refractivity contribution >= 4 is 10.9 Å². The Hall–Kier alpha value is -1.28. The minimum absolute atomic E-state index is 0.450. The van der Waals surface area contributed by atoms with Crippen molar-refractivity contribution in [3.05, 3.63) is 36.0 Å². The molecule has 1 aromatic heterocycles. The summed E-state index contributed by atoms with van der Waals surface area (Å²) in [5, 5.41) is 1.36. The van der Waals surface area contributed by atoms with Gasteiger partial charge in [-0.05, 0) is 60.9 Å². The van der Waals surface area contributed by atoms with Crippen LogP contribution in [-0.2, 0) is 0 Å². The SMILES string of the molecule is CC(CN)c1ccc2c(ccn2C2CCC2)c1. The van der Waals surface area contributed by atoms with Crippen LogP contribution in [0.4, 0.5) is 0 Å². The summed E-state index contributed by atoms with van der Waals surface area (Å²) in [6.45, 7) is 2.90. The Morgan fingerprint density at radius 3 is 2.82 bits per heavy atom. The molecule has 90 valence electrons. The zero-order valence-corrected chi connectivity index (χ0v) is 10.4. The van der Waals surface area contributed by atoms with Crippen LogP contribution in [0.5, 0.6) is 0 Å². The summed E-state index contributed by atoms with van der Waals surface area (Å²) in [6, 6.07) is 9.76. The van der Waals surface area contributed by atoms with Crippen molar-refractivity contribution in [1.29, 1.82) is 0 Å². The maximum absolute atomic E-state index is 5.73. The topological polar surface area (TPSA) is 30.9 Å². The van der Waals surface area contributed by atoms with Crippen LogP contribution in [0, 0.1) is 0 Å². The van der Waals surface area contributed by atoms with Gasteiger partial charge in [0.2, 0.25) is 0 Å². The Balaban J connectivity index is 2.01. The average Bonchev–Trinajstić information content (AvgIpc) is 2.69. The number of fused-ring (bicyclic) bond motifs is 1. The predicted molar refractivity (Wildman–Crippen MR) is 72.3 cm³/mol. The van der Waals surface area contributed by atoms with Crippen LogP contribution in [0.3, 0.4) is 0 Å². The summed E-state index contributed by atoms with van der Waals surface area (Å²) in [7, 11) is 0. The monoisotopic (exact) mass is 228 g/mol. The van der Waals surface area contributed by atoms with E-state index >= 15 is 0 Å². The number of rotatable bonds is 3. The van der Waals surface area contributed by atoms with Gasteiger partial charge in [-0.2, -0.15) is 0 Å². The summed E-state index contributed by atoms with van der Waals surface area (Å²) in [4.78, 5) is 0. The zero-order chi connectivity index (χ0) is 11.8. The van der Waals surface area contributed by atoms with Gasteiger partial charge in [0.1, 0.15) is 0 Å². The fraction of sp³-hybridized carbons (Fsp3) is 0.467. The molecule has 1 aliphatic carbocycles. The lowest BCUT2D eigenvalue weighted by molar-refractivity contribution is 0.321. The third kappa shape index (κ3) is 1.77.